The first-order valence-corrected chi connectivity index (χ1v) is 9.42. The molecule has 6 heteroatoms. The van der Waals surface area contributed by atoms with Crippen LogP contribution in [0.25, 0.3) is 11.0 Å². The standard InChI is InChI=1S/C19H21N3O2S/c1-22-18-9-14(23)4-7-17(18)21-19(22)11-24-15-5-2-13(3-6-15)8-16-10-20-12-25-16/h2-7,9,16,20,23H,8,10-12H2,1H3. The molecule has 2 heterocycles. The third-order valence-corrected chi connectivity index (χ3v) is 5.68. The molecule has 0 aliphatic carbocycles. The Morgan fingerprint density at radius 2 is 2.12 bits per heavy atom. The molecule has 1 aliphatic rings. The Morgan fingerprint density at radius 3 is 2.88 bits per heavy atom. The number of hydrogen-bond donors (Lipinski definition) is 2. The van der Waals surface area contributed by atoms with Gasteiger partial charge in [0.15, 0.2) is 0 Å². The molecule has 5 nitrogen and oxygen atoms in total. The molecule has 3 aromatic rings. The fourth-order valence-electron chi connectivity index (χ4n) is 3.08. The number of ether oxygens (including phenoxy) is 1. The van der Waals surface area contributed by atoms with Crippen molar-refractivity contribution in [3.8, 4) is 11.5 Å². The maximum absolute atomic E-state index is 9.62. The van der Waals surface area contributed by atoms with Gasteiger partial charge in [-0.1, -0.05) is 12.1 Å². The van der Waals surface area contributed by atoms with Crippen molar-refractivity contribution in [1.29, 1.82) is 0 Å². The number of aromatic nitrogens is 2. The first kappa shape index (κ1) is 16.3. The number of rotatable bonds is 5. The average Bonchev–Trinajstić information content (AvgIpc) is 3.23. The van der Waals surface area contributed by atoms with Crippen LogP contribution in [0, 0.1) is 0 Å². The van der Waals surface area contributed by atoms with Crippen LogP contribution in [-0.4, -0.2) is 32.3 Å². The van der Waals surface area contributed by atoms with E-state index in [0.717, 1.165) is 41.4 Å². The number of hydrogen-bond acceptors (Lipinski definition) is 5. The van der Waals surface area contributed by atoms with Crippen molar-refractivity contribution in [2.75, 3.05) is 12.4 Å². The van der Waals surface area contributed by atoms with Gasteiger partial charge >= 0.3 is 0 Å². The quantitative estimate of drug-likeness (QED) is 0.737. The smallest absolute Gasteiger partial charge is 0.147 e. The number of aryl methyl sites for hydroxylation is 1. The summed E-state index contributed by atoms with van der Waals surface area (Å²) in [5, 5.41) is 13.7. The summed E-state index contributed by atoms with van der Waals surface area (Å²) in [5.74, 6) is 2.98. The number of aromatic hydroxyl groups is 1. The van der Waals surface area contributed by atoms with Gasteiger partial charge in [0.2, 0.25) is 0 Å². The van der Waals surface area contributed by atoms with E-state index in [2.05, 4.69) is 22.4 Å². The van der Waals surface area contributed by atoms with E-state index in [9.17, 15) is 5.11 Å². The second-order valence-electron chi connectivity index (χ2n) is 6.28. The van der Waals surface area contributed by atoms with E-state index in [-0.39, 0.29) is 5.75 Å². The van der Waals surface area contributed by atoms with Crippen molar-refractivity contribution in [1.82, 2.24) is 14.9 Å². The summed E-state index contributed by atoms with van der Waals surface area (Å²) in [6.07, 6.45) is 1.09. The van der Waals surface area contributed by atoms with Crippen molar-refractivity contribution < 1.29 is 9.84 Å². The summed E-state index contributed by atoms with van der Waals surface area (Å²) < 4.78 is 7.85. The van der Waals surface area contributed by atoms with Crippen molar-refractivity contribution in [3.63, 3.8) is 0 Å². The Morgan fingerprint density at radius 1 is 1.28 bits per heavy atom. The van der Waals surface area contributed by atoms with Crippen LogP contribution in [0.1, 0.15) is 11.4 Å². The Balaban J connectivity index is 1.41. The minimum absolute atomic E-state index is 0.245. The highest BCUT2D eigenvalue weighted by Crippen LogP contribution is 2.23. The molecule has 1 saturated heterocycles. The predicted octanol–water partition coefficient (Wildman–Crippen LogP) is 3.06. The number of imidazole rings is 1. The second kappa shape index (κ2) is 6.98. The summed E-state index contributed by atoms with van der Waals surface area (Å²) in [6.45, 7) is 1.48. The van der Waals surface area contributed by atoms with E-state index in [0.29, 0.717) is 11.9 Å². The van der Waals surface area contributed by atoms with Crippen LogP contribution in [-0.2, 0) is 20.1 Å². The van der Waals surface area contributed by atoms with E-state index < -0.39 is 0 Å². The maximum Gasteiger partial charge on any atom is 0.147 e. The topological polar surface area (TPSA) is 59.3 Å². The largest absolute Gasteiger partial charge is 0.508 e. The Hall–Kier alpha value is -2.18. The van der Waals surface area contributed by atoms with Gasteiger partial charge in [0.05, 0.1) is 11.0 Å². The maximum atomic E-state index is 9.62. The van der Waals surface area contributed by atoms with Crippen molar-refractivity contribution in [2.24, 2.45) is 7.05 Å². The van der Waals surface area contributed by atoms with E-state index in [1.54, 1.807) is 12.1 Å². The molecule has 25 heavy (non-hydrogen) atoms. The molecule has 1 fully saturated rings. The number of phenolic OH excluding ortho intramolecular Hbond substituents is 1. The van der Waals surface area contributed by atoms with E-state index >= 15 is 0 Å². The molecule has 1 unspecified atom stereocenters. The van der Waals surface area contributed by atoms with Gasteiger partial charge in [-0.25, -0.2) is 4.98 Å². The minimum Gasteiger partial charge on any atom is -0.508 e. The van der Waals surface area contributed by atoms with Gasteiger partial charge < -0.3 is 19.7 Å². The van der Waals surface area contributed by atoms with Crippen LogP contribution >= 0.6 is 11.8 Å². The molecule has 0 saturated carbocycles. The number of fused-ring (bicyclic) bond motifs is 1. The number of benzene rings is 2. The molecular formula is C19H21N3O2S. The number of thioether (sulfide) groups is 1. The molecule has 2 aromatic carbocycles. The molecule has 1 aliphatic heterocycles. The number of nitrogens with zero attached hydrogens (tertiary/aromatic N) is 2. The number of nitrogens with one attached hydrogen (secondary N) is 1. The van der Waals surface area contributed by atoms with Gasteiger partial charge in [-0.2, -0.15) is 0 Å². The van der Waals surface area contributed by atoms with Gasteiger partial charge in [0.1, 0.15) is 23.9 Å². The predicted molar refractivity (Wildman–Crippen MR) is 101 cm³/mol. The normalized spacial score (nSPS) is 17.2. The molecule has 0 spiro atoms. The lowest BCUT2D eigenvalue weighted by atomic mass is 10.1. The van der Waals surface area contributed by atoms with Gasteiger partial charge in [0.25, 0.3) is 0 Å². The zero-order valence-corrected chi connectivity index (χ0v) is 14.9. The van der Waals surface area contributed by atoms with Crippen LogP contribution in [0.15, 0.2) is 42.5 Å². The highest BCUT2D eigenvalue weighted by Gasteiger charge is 2.15. The highest BCUT2D eigenvalue weighted by molar-refractivity contribution is 8.00. The zero-order chi connectivity index (χ0) is 17.2. The Bertz CT molecular complexity index is 870. The van der Waals surface area contributed by atoms with E-state index in [1.165, 1.54) is 5.56 Å². The molecule has 0 bridgehead atoms. The molecule has 0 amide bonds. The third-order valence-electron chi connectivity index (χ3n) is 4.50. The van der Waals surface area contributed by atoms with Crippen molar-refractivity contribution >= 4 is 22.8 Å². The van der Waals surface area contributed by atoms with Crippen LogP contribution in [0.5, 0.6) is 11.5 Å². The fraction of sp³-hybridized carbons (Fsp3) is 0.316. The molecule has 130 valence electrons. The summed E-state index contributed by atoms with van der Waals surface area (Å²) >= 11 is 1.98. The lowest BCUT2D eigenvalue weighted by molar-refractivity contribution is 0.292. The average molecular weight is 355 g/mol. The van der Waals surface area contributed by atoms with Crippen molar-refractivity contribution in [2.45, 2.75) is 18.3 Å². The minimum atomic E-state index is 0.245. The molecular weight excluding hydrogens is 334 g/mol. The highest BCUT2D eigenvalue weighted by atomic mass is 32.2. The lowest BCUT2D eigenvalue weighted by Gasteiger charge is -2.10. The molecule has 1 aromatic heterocycles. The number of phenols is 1. The summed E-state index contributed by atoms with van der Waals surface area (Å²) in [6, 6.07) is 13.5. The van der Waals surface area contributed by atoms with Crippen molar-refractivity contribution in [3.05, 3.63) is 53.9 Å². The van der Waals surface area contributed by atoms with Crippen LogP contribution < -0.4 is 10.1 Å². The third kappa shape index (κ3) is 3.60. The first-order chi connectivity index (χ1) is 12.2. The SMILES string of the molecule is Cn1c(COc2ccc(CC3CNCS3)cc2)nc2ccc(O)cc21. The van der Waals surface area contributed by atoms with Crippen LogP contribution in [0.2, 0.25) is 0 Å². The monoisotopic (exact) mass is 355 g/mol. The zero-order valence-electron chi connectivity index (χ0n) is 14.1. The molecule has 4 rings (SSSR count). The lowest BCUT2D eigenvalue weighted by Crippen LogP contribution is -2.14. The first-order valence-electron chi connectivity index (χ1n) is 8.37. The van der Waals surface area contributed by atoms with Crippen LogP contribution in [0.4, 0.5) is 0 Å². The summed E-state index contributed by atoms with van der Waals surface area (Å²) in [4.78, 5) is 4.57. The Labute approximate surface area is 151 Å². The Kier molecular flexibility index (Phi) is 4.55. The van der Waals surface area contributed by atoms with Crippen LogP contribution in [0.3, 0.4) is 0 Å². The van der Waals surface area contributed by atoms with Gasteiger partial charge in [-0.05, 0) is 36.2 Å². The second-order valence-corrected chi connectivity index (χ2v) is 7.57. The molecule has 2 N–H and O–H groups in total. The van der Waals surface area contributed by atoms with E-state index in [1.807, 2.05) is 41.6 Å². The summed E-state index contributed by atoms with van der Waals surface area (Å²) in [5.41, 5.74) is 3.10. The van der Waals surface area contributed by atoms with Gasteiger partial charge in [-0.3, -0.25) is 0 Å². The fourth-order valence-corrected chi connectivity index (χ4v) is 4.09. The van der Waals surface area contributed by atoms with Gasteiger partial charge in [-0.15, -0.1) is 11.8 Å². The molecule has 1 atom stereocenters. The van der Waals surface area contributed by atoms with Gasteiger partial charge in [0, 0.05) is 30.8 Å². The van der Waals surface area contributed by atoms with E-state index in [4.69, 9.17) is 4.74 Å². The molecule has 0 radical (unpaired) electrons. The summed E-state index contributed by atoms with van der Waals surface area (Å²) in [7, 11) is 1.93.